The fraction of sp³-hybridized carbons (Fsp3) is 0.483. The molecule has 0 radical (unpaired) electrons. The molecular weight excluding hydrogens is 476 g/mol. The Morgan fingerprint density at radius 3 is 2.33 bits per heavy atom. The molecule has 2 amide bonds. The normalized spacial score (nSPS) is 22.0. The highest BCUT2D eigenvalue weighted by atomic mass is 35.5. The van der Waals surface area contributed by atoms with E-state index in [0.29, 0.717) is 23.9 Å². The van der Waals surface area contributed by atoms with Crippen LogP contribution in [0.4, 0.5) is 0 Å². The summed E-state index contributed by atoms with van der Waals surface area (Å²) in [5.41, 5.74) is 2.90. The van der Waals surface area contributed by atoms with Gasteiger partial charge in [0.15, 0.2) is 0 Å². The number of nitrogens with zero attached hydrogens (tertiary/aromatic N) is 1. The summed E-state index contributed by atoms with van der Waals surface area (Å²) >= 11 is 6.12. The zero-order chi connectivity index (χ0) is 25.7. The lowest BCUT2D eigenvalue weighted by Gasteiger charge is -2.31. The maximum atomic E-state index is 13.7. The molecule has 2 fully saturated rings. The molecule has 0 bridgehead atoms. The molecule has 0 aromatic heterocycles. The molecule has 2 aliphatic rings. The third-order valence-electron chi connectivity index (χ3n) is 7.63. The van der Waals surface area contributed by atoms with E-state index in [9.17, 15) is 14.4 Å². The average molecular weight is 511 g/mol. The number of nitrogens with one attached hydrogen (secondary N) is 1. The number of methoxy groups -OCH3 is 1. The summed E-state index contributed by atoms with van der Waals surface area (Å²) in [6, 6.07) is 13.8. The summed E-state index contributed by atoms with van der Waals surface area (Å²) in [7, 11) is 1.35. The average Bonchev–Trinajstić information content (AvgIpc) is 3.55. The molecule has 1 N–H and O–H groups in total. The number of likely N-dealkylation sites (tertiary alicyclic amines) is 1. The van der Waals surface area contributed by atoms with Crippen LogP contribution in [0.15, 0.2) is 48.5 Å². The maximum Gasteiger partial charge on any atom is 0.311 e. The summed E-state index contributed by atoms with van der Waals surface area (Å²) in [5, 5.41) is 3.56. The molecule has 7 heteroatoms. The van der Waals surface area contributed by atoms with Gasteiger partial charge in [-0.05, 0) is 48.9 Å². The third-order valence-corrected chi connectivity index (χ3v) is 7.88. The van der Waals surface area contributed by atoms with E-state index < -0.39 is 24.0 Å². The number of esters is 1. The molecule has 3 unspecified atom stereocenters. The summed E-state index contributed by atoms with van der Waals surface area (Å²) in [6.45, 7) is 2.37. The predicted molar refractivity (Wildman–Crippen MR) is 139 cm³/mol. The van der Waals surface area contributed by atoms with Gasteiger partial charge in [0.25, 0.3) is 0 Å². The molecule has 3 atom stereocenters. The van der Waals surface area contributed by atoms with Crippen LogP contribution in [0.5, 0.6) is 0 Å². The SMILES string of the molecule is COC(=O)C1CC(C(=O)NCc2ccc(C)cc2)N(C(=O)CCC2CCCC2)C1c1ccc(Cl)cc1. The number of aryl methyl sites for hydroxylation is 1. The predicted octanol–water partition coefficient (Wildman–Crippen LogP) is 5.37. The van der Waals surface area contributed by atoms with E-state index >= 15 is 0 Å². The van der Waals surface area contributed by atoms with E-state index in [1.807, 2.05) is 43.3 Å². The zero-order valence-corrected chi connectivity index (χ0v) is 21.8. The number of amides is 2. The van der Waals surface area contributed by atoms with Gasteiger partial charge in [0.2, 0.25) is 11.8 Å². The number of halogens is 1. The van der Waals surface area contributed by atoms with Gasteiger partial charge in [-0.25, -0.2) is 0 Å². The molecule has 1 heterocycles. The monoisotopic (exact) mass is 510 g/mol. The van der Waals surface area contributed by atoms with Gasteiger partial charge in [-0.1, -0.05) is 79.2 Å². The van der Waals surface area contributed by atoms with Gasteiger partial charge < -0.3 is 15.0 Å². The Kier molecular flexibility index (Phi) is 8.68. The first kappa shape index (κ1) is 26.2. The van der Waals surface area contributed by atoms with Crippen LogP contribution >= 0.6 is 11.6 Å². The van der Waals surface area contributed by atoms with Crippen molar-refractivity contribution in [2.45, 2.75) is 70.5 Å². The van der Waals surface area contributed by atoms with Crippen molar-refractivity contribution in [3.63, 3.8) is 0 Å². The molecule has 2 aromatic rings. The molecule has 4 rings (SSSR count). The lowest BCUT2D eigenvalue weighted by molar-refractivity contribution is -0.147. The minimum absolute atomic E-state index is 0.0938. The number of rotatable bonds is 8. The highest BCUT2D eigenvalue weighted by Gasteiger charge is 2.50. The van der Waals surface area contributed by atoms with Crippen LogP contribution in [0, 0.1) is 18.8 Å². The summed E-state index contributed by atoms with van der Waals surface area (Å²) in [6.07, 6.45) is 6.12. The highest BCUT2D eigenvalue weighted by Crippen LogP contribution is 2.43. The molecule has 0 spiro atoms. The molecular formula is C29H35ClN2O4. The fourth-order valence-corrected chi connectivity index (χ4v) is 5.76. The van der Waals surface area contributed by atoms with Crippen molar-refractivity contribution < 1.29 is 19.1 Å². The summed E-state index contributed by atoms with van der Waals surface area (Å²) in [4.78, 5) is 41.7. The molecule has 2 aromatic carbocycles. The molecule has 36 heavy (non-hydrogen) atoms. The molecule has 1 aliphatic carbocycles. The van der Waals surface area contributed by atoms with E-state index in [-0.39, 0.29) is 18.2 Å². The Bertz CT molecular complexity index is 1060. The number of hydrogen-bond acceptors (Lipinski definition) is 4. The second-order valence-corrected chi connectivity index (χ2v) is 10.5. The van der Waals surface area contributed by atoms with Crippen LogP contribution in [0.2, 0.25) is 5.02 Å². The van der Waals surface area contributed by atoms with Crippen molar-refractivity contribution in [3.8, 4) is 0 Å². The first-order valence-corrected chi connectivity index (χ1v) is 13.2. The lowest BCUT2D eigenvalue weighted by atomic mass is 9.93. The van der Waals surface area contributed by atoms with Gasteiger partial charge >= 0.3 is 5.97 Å². The Morgan fingerprint density at radius 1 is 1.03 bits per heavy atom. The van der Waals surface area contributed by atoms with E-state index in [1.165, 1.54) is 20.0 Å². The van der Waals surface area contributed by atoms with Gasteiger partial charge in [-0.2, -0.15) is 0 Å². The van der Waals surface area contributed by atoms with Crippen molar-refractivity contribution in [2.75, 3.05) is 7.11 Å². The summed E-state index contributed by atoms with van der Waals surface area (Å²) < 4.78 is 5.11. The largest absolute Gasteiger partial charge is 0.469 e. The number of carbonyl (C=O) groups excluding carboxylic acids is 3. The van der Waals surface area contributed by atoms with Crippen molar-refractivity contribution in [1.29, 1.82) is 0 Å². The van der Waals surface area contributed by atoms with Gasteiger partial charge in [0, 0.05) is 18.0 Å². The van der Waals surface area contributed by atoms with Crippen molar-refractivity contribution in [3.05, 3.63) is 70.2 Å². The Balaban J connectivity index is 1.60. The minimum atomic E-state index is -0.753. The maximum absolute atomic E-state index is 13.7. The minimum Gasteiger partial charge on any atom is -0.469 e. The number of benzene rings is 2. The number of hydrogen-bond donors (Lipinski definition) is 1. The standard InChI is InChI=1S/C29H35ClN2O4/c1-19-7-9-21(10-8-19)18-31-28(34)25-17-24(29(35)36-2)27(22-12-14-23(30)15-13-22)32(25)26(33)16-11-20-5-3-4-6-20/h7-10,12-15,20,24-25,27H,3-6,11,16-18H2,1-2H3,(H,31,34). The number of carbonyl (C=O) groups is 3. The Hall–Kier alpha value is -2.86. The second-order valence-electron chi connectivity index (χ2n) is 10.1. The van der Waals surface area contributed by atoms with Crippen LogP contribution in [0.1, 0.15) is 67.7 Å². The first-order valence-electron chi connectivity index (χ1n) is 12.8. The molecule has 1 saturated carbocycles. The van der Waals surface area contributed by atoms with Crippen LogP contribution in [0.3, 0.4) is 0 Å². The molecule has 1 aliphatic heterocycles. The Morgan fingerprint density at radius 2 is 1.69 bits per heavy atom. The second kappa shape index (κ2) is 11.9. The first-order chi connectivity index (χ1) is 17.4. The van der Waals surface area contributed by atoms with Crippen LogP contribution < -0.4 is 5.32 Å². The van der Waals surface area contributed by atoms with E-state index in [1.54, 1.807) is 17.0 Å². The quantitative estimate of drug-likeness (QED) is 0.485. The van der Waals surface area contributed by atoms with Crippen LogP contribution in [-0.4, -0.2) is 35.8 Å². The van der Waals surface area contributed by atoms with E-state index in [0.717, 1.165) is 36.0 Å². The fourth-order valence-electron chi connectivity index (χ4n) is 5.63. The van der Waals surface area contributed by atoms with E-state index in [2.05, 4.69) is 5.32 Å². The smallest absolute Gasteiger partial charge is 0.311 e. The highest BCUT2D eigenvalue weighted by molar-refractivity contribution is 6.30. The van der Waals surface area contributed by atoms with Crippen molar-refractivity contribution in [1.82, 2.24) is 10.2 Å². The number of ether oxygens (including phenoxy) is 1. The van der Waals surface area contributed by atoms with Gasteiger partial charge in [-0.3, -0.25) is 14.4 Å². The van der Waals surface area contributed by atoms with Gasteiger partial charge in [0.05, 0.1) is 19.1 Å². The van der Waals surface area contributed by atoms with Crippen LogP contribution in [0.25, 0.3) is 0 Å². The van der Waals surface area contributed by atoms with Crippen LogP contribution in [-0.2, 0) is 25.7 Å². The van der Waals surface area contributed by atoms with Crippen molar-refractivity contribution in [2.24, 2.45) is 11.8 Å². The van der Waals surface area contributed by atoms with Gasteiger partial charge in [0.1, 0.15) is 6.04 Å². The van der Waals surface area contributed by atoms with E-state index in [4.69, 9.17) is 16.3 Å². The molecule has 192 valence electrons. The van der Waals surface area contributed by atoms with Gasteiger partial charge in [-0.15, -0.1) is 0 Å². The third kappa shape index (κ3) is 6.09. The molecule has 1 saturated heterocycles. The lowest BCUT2D eigenvalue weighted by Crippen LogP contribution is -2.46. The molecule has 6 nitrogen and oxygen atoms in total. The zero-order valence-electron chi connectivity index (χ0n) is 21.0. The topological polar surface area (TPSA) is 75.7 Å². The Labute approximate surface area is 218 Å². The van der Waals surface area contributed by atoms with Crippen molar-refractivity contribution >= 4 is 29.4 Å². The summed E-state index contributed by atoms with van der Waals surface area (Å²) in [5.74, 6) is -0.853.